The number of carbonyl (C=O) groups is 1. The molecule has 0 saturated carbocycles. The quantitative estimate of drug-likeness (QED) is 0.775. The third-order valence-electron chi connectivity index (χ3n) is 2.48. The molecule has 1 unspecified atom stereocenters. The van der Waals surface area contributed by atoms with Crippen LogP contribution in [0.5, 0.6) is 0 Å². The molecule has 5 nitrogen and oxygen atoms in total. The van der Waals surface area contributed by atoms with Crippen LogP contribution in [0.1, 0.15) is 23.8 Å². The van der Waals surface area contributed by atoms with Crippen LogP contribution in [0.2, 0.25) is 0 Å². The first-order valence-electron chi connectivity index (χ1n) is 5.62. The van der Waals surface area contributed by atoms with Gasteiger partial charge >= 0.3 is 0 Å². The number of methoxy groups -OCH3 is 1. The van der Waals surface area contributed by atoms with Gasteiger partial charge in [-0.25, -0.2) is 4.98 Å². The number of amides is 1. The van der Waals surface area contributed by atoms with E-state index in [4.69, 9.17) is 10.5 Å². The van der Waals surface area contributed by atoms with E-state index in [9.17, 15) is 4.79 Å². The summed E-state index contributed by atoms with van der Waals surface area (Å²) in [5.41, 5.74) is 6.35. The molecule has 1 aromatic rings. The lowest BCUT2D eigenvalue weighted by molar-refractivity contribution is 0.0939. The fourth-order valence-corrected chi connectivity index (χ4v) is 1.38. The highest BCUT2D eigenvalue weighted by molar-refractivity contribution is 5.96. The van der Waals surface area contributed by atoms with Crippen molar-refractivity contribution in [1.82, 2.24) is 10.3 Å². The molecule has 1 aromatic heterocycles. The van der Waals surface area contributed by atoms with Gasteiger partial charge in [-0.05, 0) is 24.5 Å². The summed E-state index contributed by atoms with van der Waals surface area (Å²) in [7, 11) is 1.67. The number of nitrogens with zero attached hydrogens (tertiary/aromatic N) is 1. The monoisotopic (exact) mass is 237 g/mol. The second kappa shape index (κ2) is 6.85. The lowest BCUT2D eigenvalue weighted by Gasteiger charge is -2.12. The summed E-state index contributed by atoms with van der Waals surface area (Å²) in [5.74, 6) is 0.135. The van der Waals surface area contributed by atoms with E-state index in [0.29, 0.717) is 24.8 Å². The topological polar surface area (TPSA) is 77.2 Å². The average molecular weight is 237 g/mol. The van der Waals surface area contributed by atoms with Crippen LogP contribution in [0.15, 0.2) is 18.3 Å². The van der Waals surface area contributed by atoms with Gasteiger partial charge in [0.15, 0.2) is 5.69 Å². The van der Waals surface area contributed by atoms with Crippen molar-refractivity contribution < 1.29 is 9.53 Å². The lowest BCUT2D eigenvalue weighted by atomic mass is 10.1. The van der Waals surface area contributed by atoms with E-state index < -0.39 is 0 Å². The van der Waals surface area contributed by atoms with E-state index in [1.54, 1.807) is 25.4 Å². The molecular weight excluding hydrogens is 218 g/mol. The minimum Gasteiger partial charge on any atom is -0.397 e. The smallest absolute Gasteiger partial charge is 0.272 e. The van der Waals surface area contributed by atoms with Crippen molar-refractivity contribution in [2.75, 3.05) is 26.0 Å². The summed E-state index contributed by atoms with van der Waals surface area (Å²) in [6.45, 7) is 3.35. The molecule has 5 heteroatoms. The zero-order valence-electron chi connectivity index (χ0n) is 10.3. The Kier molecular flexibility index (Phi) is 5.42. The van der Waals surface area contributed by atoms with E-state index in [0.717, 1.165) is 6.42 Å². The number of nitrogen functional groups attached to an aromatic ring is 1. The maximum Gasteiger partial charge on any atom is 0.272 e. The van der Waals surface area contributed by atoms with Crippen molar-refractivity contribution in [1.29, 1.82) is 0 Å². The van der Waals surface area contributed by atoms with E-state index in [1.807, 2.05) is 0 Å². The predicted molar refractivity (Wildman–Crippen MR) is 66.6 cm³/mol. The van der Waals surface area contributed by atoms with Gasteiger partial charge in [-0.2, -0.15) is 0 Å². The van der Waals surface area contributed by atoms with Gasteiger partial charge in [-0.1, -0.05) is 6.92 Å². The molecular formula is C12H19N3O2. The molecule has 1 heterocycles. The van der Waals surface area contributed by atoms with Crippen molar-refractivity contribution >= 4 is 11.6 Å². The number of hydrogen-bond donors (Lipinski definition) is 2. The number of nitrogens with one attached hydrogen (secondary N) is 1. The van der Waals surface area contributed by atoms with Crippen LogP contribution in [0.25, 0.3) is 0 Å². The van der Waals surface area contributed by atoms with E-state index >= 15 is 0 Å². The summed E-state index contributed by atoms with van der Waals surface area (Å²) in [4.78, 5) is 15.7. The molecule has 0 aromatic carbocycles. The molecule has 0 aliphatic carbocycles. The first-order valence-corrected chi connectivity index (χ1v) is 5.62. The summed E-state index contributed by atoms with van der Waals surface area (Å²) in [6.07, 6.45) is 2.47. The molecule has 17 heavy (non-hydrogen) atoms. The number of ether oxygens (including phenoxy) is 1. The molecule has 0 radical (unpaired) electrons. The SMILES string of the molecule is COCCC(C)CNC(=O)c1ncccc1N. The van der Waals surface area contributed by atoms with Crippen molar-refractivity contribution in [3.63, 3.8) is 0 Å². The Morgan fingerprint density at radius 3 is 3.06 bits per heavy atom. The van der Waals surface area contributed by atoms with Crippen LogP contribution in [-0.2, 0) is 4.74 Å². The highest BCUT2D eigenvalue weighted by Gasteiger charge is 2.11. The summed E-state index contributed by atoms with van der Waals surface area (Å²) in [5, 5.41) is 2.81. The molecule has 0 fully saturated rings. The highest BCUT2D eigenvalue weighted by atomic mass is 16.5. The number of pyridine rings is 1. The maximum atomic E-state index is 11.8. The molecule has 0 aliphatic rings. The van der Waals surface area contributed by atoms with Crippen molar-refractivity contribution in [2.24, 2.45) is 5.92 Å². The normalized spacial score (nSPS) is 12.1. The average Bonchev–Trinajstić information content (AvgIpc) is 2.34. The number of aromatic nitrogens is 1. The van der Waals surface area contributed by atoms with Gasteiger partial charge in [0.25, 0.3) is 5.91 Å². The first-order chi connectivity index (χ1) is 8.15. The molecule has 0 aliphatic heterocycles. The molecule has 94 valence electrons. The van der Waals surface area contributed by atoms with Crippen molar-refractivity contribution in [3.05, 3.63) is 24.0 Å². The maximum absolute atomic E-state index is 11.8. The first kappa shape index (κ1) is 13.4. The Morgan fingerprint density at radius 1 is 1.65 bits per heavy atom. The van der Waals surface area contributed by atoms with Gasteiger partial charge in [-0.15, -0.1) is 0 Å². The zero-order valence-corrected chi connectivity index (χ0v) is 10.3. The van der Waals surface area contributed by atoms with Crippen LogP contribution in [0.4, 0.5) is 5.69 Å². The van der Waals surface area contributed by atoms with Gasteiger partial charge in [0.2, 0.25) is 0 Å². The van der Waals surface area contributed by atoms with Crippen LogP contribution < -0.4 is 11.1 Å². The second-order valence-electron chi connectivity index (χ2n) is 4.04. The van der Waals surface area contributed by atoms with Crippen LogP contribution >= 0.6 is 0 Å². The number of hydrogen-bond acceptors (Lipinski definition) is 4. The number of anilines is 1. The van der Waals surface area contributed by atoms with E-state index in [-0.39, 0.29) is 11.6 Å². The fraction of sp³-hybridized carbons (Fsp3) is 0.500. The predicted octanol–water partition coefficient (Wildman–Crippen LogP) is 1.07. The molecule has 0 spiro atoms. The minimum atomic E-state index is -0.229. The summed E-state index contributed by atoms with van der Waals surface area (Å²) in [6, 6.07) is 3.36. The van der Waals surface area contributed by atoms with Gasteiger partial charge < -0.3 is 15.8 Å². The number of carbonyl (C=O) groups excluding carboxylic acids is 1. The fourth-order valence-electron chi connectivity index (χ4n) is 1.38. The van der Waals surface area contributed by atoms with E-state index in [1.165, 1.54) is 0 Å². The van der Waals surface area contributed by atoms with Crippen molar-refractivity contribution in [3.8, 4) is 0 Å². The van der Waals surface area contributed by atoms with Crippen molar-refractivity contribution in [2.45, 2.75) is 13.3 Å². The number of nitrogens with two attached hydrogens (primary N) is 1. The Balaban J connectivity index is 2.42. The third-order valence-corrected chi connectivity index (χ3v) is 2.48. The third kappa shape index (κ3) is 4.40. The van der Waals surface area contributed by atoms with Crippen LogP contribution in [0.3, 0.4) is 0 Å². The van der Waals surface area contributed by atoms with Gasteiger partial charge in [-0.3, -0.25) is 4.79 Å². The Morgan fingerprint density at radius 2 is 2.41 bits per heavy atom. The Labute approximate surface area is 101 Å². The molecule has 0 bridgehead atoms. The second-order valence-corrected chi connectivity index (χ2v) is 4.04. The molecule has 0 saturated heterocycles. The van der Waals surface area contributed by atoms with Crippen LogP contribution in [0, 0.1) is 5.92 Å². The number of rotatable bonds is 6. The molecule has 1 rings (SSSR count). The van der Waals surface area contributed by atoms with Gasteiger partial charge in [0.1, 0.15) is 0 Å². The van der Waals surface area contributed by atoms with Crippen LogP contribution in [-0.4, -0.2) is 31.2 Å². The molecule has 1 amide bonds. The van der Waals surface area contributed by atoms with E-state index in [2.05, 4.69) is 17.2 Å². The summed E-state index contributed by atoms with van der Waals surface area (Å²) < 4.78 is 4.98. The Hall–Kier alpha value is -1.62. The summed E-state index contributed by atoms with van der Waals surface area (Å²) >= 11 is 0. The largest absolute Gasteiger partial charge is 0.397 e. The Bertz CT molecular complexity index is 369. The van der Waals surface area contributed by atoms with Gasteiger partial charge in [0, 0.05) is 26.5 Å². The molecule has 3 N–H and O–H groups in total. The molecule has 1 atom stereocenters. The highest BCUT2D eigenvalue weighted by Crippen LogP contribution is 2.07. The lowest BCUT2D eigenvalue weighted by Crippen LogP contribution is -2.30. The zero-order chi connectivity index (χ0) is 12.7. The standard InChI is InChI=1S/C12H19N3O2/c1-9(5-7-17-2)8-15-12(16)11-10(13)4-3-6-14-11/h3-4,6,9H,5,7-8,13H2,1-2H3,(H,15,16). The minimum absolute atomic E-state index is 0.229. The van der Waals surface area contributed by atoms with Gasteiger partial charge in [0.05, 0.1) is 5.69 Å².